The third-order valence-corrected chi connectivity index (χ3v) is 2.16. The number of ketones is 1. The van der Waals surface area contributed by atoms with Gasteiger partial charge in [0.1, 0.15) is 5.75 Å². The van der Waals surface area contributed by atoms with Gasteiger partial charge in [-0.3, -0.25) is 9.59 Å². The van der Waals surface area contributed by atoms with Crippen LogP contribution in [0.2, 0.25) is 5.02 Å². The van der Waals surface area contributed by atoms with E-state index in [1.54, 1.807) is 0 Å². The lowest BCUT2D eigenvalue weighted by molar-refractivity contribution is -0.274. The Kier molecular flexibility index (Phi) is 3.77. The highest BCUT2D eigenvalue weighted by molar-refractivity contribution is 6.33. The van der Waals surface area contributed by atoms with Crippen LogP contribution in [0, 0.1) is 0 Å². The molecule has 3 nitrogen and oxygen atoms in total. The van der Waals surface area contributed by atoms with Gasteiger partial charge in [-0.1, -0.05) is 11.6 Å². The number of ether oxygens (including phenoxy) is 1. The van der Waals surface area contributed by atoms with Crippen LogP contribution < -0.4 is 4.74 Å². The number of alkyl halides is 3. The summed E-state index contributed by atoms with van der Waals surface area (Å²) in [6.45, 7) is 1.06. The van der Waals surface area contributed by atoms with Crippen molar-refractivity contribution < 1.29 is 27.5 Å². The van der Waals surface area contributed by atoms with Gasteiger partial charge < -0.3 is 4.74 Å². The van der Waals surface area contributed by atoms with E-state index in [0.717, 1.165) is 19.1 Å². The summed E-state index contributed by atoms with van der Waals surface area (Å²) in [4.78, 5) is 21.6. The Morgan fingerprint density at radius 2 is 2.00 bits per heavy atom. The van der Waals surface area contributed by atoms with Gasteiger partial charge >= 0.3 is 6.36 Å². The fourth-order valence-electron chi connectivity index (χ4n) is 1.14. The molecule has 7 heteroatoms. The molecule has 1 rings (SSSR count). The molecule has 0 aliphatic carbocycles. The zero-order valence-corrected chi connectivity index (χ0v) is 9.22. The summed E-state index contributed by atoms with van der Waals surface area (Å²) >= 11 is 5.60. The Balaban J connectivity index is 3.34. The molecule has 0 fully saturated rings. The molecular weight excluding hydrogens is 261 g/mol. The number of carbonyl (C=O) groups excluding carboxylic acids is 2. The smallest absolute Gasteiger partial charge is 0.405 e. The predicted molar refractivity (Wildman–Crippen MR) is 53.5 cm³/mol. The first-order chi connectivity index (χ1) is 7.74. The van der Waals surface area contributed by atoms with Crippen molar-refractivity contribution in [2.45, 2.75) is 13.3 Å². The van der Waals surface area contributed by atoms with Crippen LogP contribution in [0.1, 0.15) is 27.6 Å². The van der Waals surface area contributed by atoms with Gasteiger partial charge in [0.2, 0.25) is 0 Å². The number of benzene rings is 1. The van der Waals surface area contributed by atoms with Gasteiger partial charge in [0.05, 0.1) is 10.6 Å². The van der Waals surface area contributed by atoms with Crippen molar-refractivity contribution >= 4 is 23.7 Å². The molecule has 0 saturated heterocycles. The number of carbonyl (C=O) groups is 2. The lowest BCUT2D eigenvalue weighted by Gasteiger charge is -2.12. The molecule has 0 saturated carbocycles. The van der Waals surface area contributed by atoms with Crippen molar-refractivity contribution in [2.75, 3.05) is 0 Å². The molecule has 0 atom stereocenters. The zero-order valence-electron chi connectivity index (χ0n) is 8.47. The molecule has 0 aliphatic heterocycles. The minimum absolute atomic E-state index is 0.111. The number of hydrogen-bond donors (Lipinski definition) is 0. The summed E-state index contributed by atoms with van der Waals surface area (Å²) in [5.74, 6) is -1.39. The minimum Gasteiger partial charge on any atom is -0.405 e. The topological polar surface area (TPSA) is 43.4 Å². The summed E-state index contributed by atoms with van der Waals surface area (Å²) in [6.07, 6.45) is -4.67. The quantitative estimate of drug-likeness (QED) is 0.623. The maximum Gasteiger partial charge on any atom is 0.573 e. The summed E-state index contributed by atoms with van der Waals surface area (Å²) in [5.41, 5.74) is -0.520. The summed E-state index contributed by atoms with van der Waals surface area (Å²) in [5, 5.41) is -0.111. The largest absolute Gasteiger partial charge is 0.573 e. The summed E-state index contributed by atoms with van der Waals surface area (Å²) in [7, 11) is 0. The van der Waals surface area contributed by atoms with Crippen LogP contribution in [-0.4, -0.2) is 18.4 Å². The Morgan fingerprint density at radius 1 is 1.41 bits per heavy atom. The second-order valence-corrected chi connectivity index (χ2v) is 3.50. The van der Waals surface area contributed by atoms with Crippen LogP contribution in [0.25, 0.3) is 0 Å². The fraction of sp³-hybridized carbons (Fsp3) is 0.200. The van der Waals surface area contributed by atoms with E-state index in [-0.39, 0.29) is 22.4 Å². The van der Waals surface area contributed by atoms with E-state index in [1.165, 1.54) is 0 Å². The second-order valence-electron chi connectivity index (χ2n) is 3.09. The first-order valence-electron chi connectivity index (χ1n) is 4.30. The third kappa shape index (κ3) is 3.45. The van der Waals surface area contributed by atoms with Crippen LogP contribution in [0.15, 0.2) is 12.1 Å². The van der Waals surface area contributed by atoms with Gasteiger partial charge in [-0.15, -0.1) is 13.2 Å². The van der Waals surface area contributed by atoms with Crippen molar-refractivity contribution in [2.24, 2.45) is 0 Å². The van der Waals surface area contributed by atoms with Gasteiger partial charge in [0.25, 0.3) is 0 Å². The van der Waals surface area contributed by atoms with Crippen LogP contribution in [0.3, 0.4) is 0 Å². The first-order valence-corrected chi connectivity index (χ1v) is 4.68. The second kappa shape index (κ2) is 4.75. The number of Topliss-reactive ketones (excluding diaryl/α,β-unsaturated/α-hetero) is 1. The third-order valence-electron chi connectivity index (χ3n) is 1.83. The van der Waals surface area contributed by atoms with Gasteiger partial charge in [-0.2, -0.15) is 0 Å². The van der Waals surface area contributed by atoms with E-state index in [9.17, 15) is 22.8 Å². The molecule has 0 amide bonds. The van der Waals surface area contributed by atoms with E-state index in [0.29, 0.717) is 0 Å². The molecule has 0 N–H and O–H groups in total. The zero-order chi connectivity index (χ0) is 13.2. The van der Waals surface area contributed by atoms with Crippen molar-refractivity contribution in [1.29, 1.82) is 0 Å². The van der Waals surface area contributed by atoms with Crippen LogP contribution in [0.4, 0.5) is 13.2 Å². The lowest BCUT2D eigenvalue weighted by Crippen LogP contribution is -2.19. The molecular formula is C10H6ClF3O3. The highest BCUT2D eigenvalue weighted by Gasteiger charge is 2.33. The van der Waals surface area contributed by atoms with Crippen molar-refractivity contribution in [3.05, 3.63) is 28.3 Å². The number of hydrogen-bond acceptors (Lipinski definition) is 3. The molecule has 0 heterocycles. The Hall–Kier alpha value is -1.56. The number of halogens is 4. The van der Waals surface area contributed by atoms with E-state index >= 15 is 0 Å². The molecule has 1 aromatic carbocycles. The molecule has 0 spiro atoms. The minimum atomic E-state index is -4.95. The number of rotatable bonds is 3. The lowest BCUT2D eigenvalue weighted by atomic mass is 10.1. The van der Waals surface area contributed by atoms with Crippen LogP contribution in [0.5, 0.6) is 5.75 Å². The average Bonchev–Trinajstić information content (AvgIpc) is 2.17. The maximum absolute atomic E-state index is 12.1. The van der Waals surface area contributed by atoms with Crippen molar-refractivity contribution in [1.82, 2.24) is 0 Å². The Bertz CT molecular complexity index is 469. The first kappa shape index (κ1) is 13.5. The normalized spacial score (nSPS) is 11.1. The van der Waals surface area contributed by atoms with Crippen LogP contribution in [-0.2, 0) is 0 Å². The average molecular weight is 267 g/mol. The monoisotopic (exact) mass is 266 g/mol. The van der Waals surface area contributed by atoms with Gasteiger partial charge in [0.15, 0.2) is 12.1 Å². The number of aldehydes is 1. The molecule has 0 radical (unpaired) electrons. The van der Waals surface area contributed by atoms with Crippen molar-refractivity contribution in [3.8, 4) is 5.75 Å². The Morgan fingerprint density at radius 3 is 2.41 bits per heavy atom. The molecule has 0 aromatic heterocycles. The van der Waals surface area contributed by atoms with Gasteiger partial charge in [0, 0.05) is 5.56 Å². The van der Waals surface area contributed by atoms with E-state index in [2.05, 4.69) is 4.74 Å². The highest BCUT2D eigenvalue weighted by Crippen LogP contribution is 2.31. The molecule has 92 valence electrons. The van der Waals surface area contributed by atoms with Gasteiger partial charge in [-0.25, -0.2) is 0 Å². The SMILES string of the molecule is CC(=O)c1cc(Cl)c(C=O)cc1OC(F)(F)F. The molecule has 0 bridgehead atoms. The van der Waals surface area contributed by atoms with Crippen LogP contribution >= 0.6 is 11.6 Å². The molecule has 0 aliphatic rings. The summed E-state index contributed by atoms with van der Waals surface area (Å²) < 4.78 is 39.9. The van der Waals surface area contributed by atoms with E-state index in [1.807, 2.05) is 0 Å². The molecule has 17 heavy (non-hydrogen) atoms. The highest BCUT2D eigenvalue weighted by atomic mass is 35.5. The van der Waals surface area contributed by atoms with E-state index < -0.39 is 17.9 Å². The van der Waals surface area contributed by atoms with Crippen molar-refractivity contribution in [3.63, 3.8) is 0 Å². The molecule has 1 aromatic rings. The molecule has 0 unspecified atom stereocenters. The maximum atomic E-state index is 12.1. The summed E-state index contributed by atoms with van der Waals surface area (Å²) in [6, 6.07) is 1.74. The van der Waals surface area contributed by atoms with Gasteiger partial charge in [-0.05, 0) is 19.1 Å². The fourth-order valence-corrected chi connectivity index (χ4v) is 1.35. The standard InChI is InChI=1S/C10H6ClF3O3/c1-5(16)7-3-8(11)6(4-15)2-9(7)17-10(12,13)14/h2-4H,1H3. The predicted octanol–water partition coefficient (Wildman–Crippen LogP) is 3.25. The Labute approximate surface area is 99.1 Å². The van der Waals surface area contributed by atoms with E-state index in [4.69, 9.17) is 11.6 Å².